The van der Waals surface area contributed by atoms with Crippen molar-refractivity contribution >= 4 is 17.4 Å². The Morgan fingerprint density at radius 2 is 2.30 bits per heavy atom. The van der Waals surface area contributed by atoms with Crippen LogP contribution >= 0.6 is 11.3 Å². The number of aromatic nitrogens is 1. The Balaban J connectivity index is 1.58. The number of nitrogens with zero attached hydrogens (tertiary/aromatic N) is 1. The second-order valence-electron chi connectivity index (χ2n) is 6.97. The number of thiazole rings is 1. The minimum Gasteiger partial charge on any atom is -0.335 e. The topological polar surface area (TPSA) is 54.0 Å². The highest BCUT2D eigenvalue weighted by molar-refractivity contribution is 7.07. The molecule has 2 bridgehead atoms. The molecule has 2 fully saturated rings. The molecule has 2 saturated carbocycles. The molecule has 20 heavy (non-hydrogen) atoms. The van der Waals surface area contributed by atoms with Crippen molar-refractivity contribution in [2.75, 3.05) is 0 Å². The van der Waals surface area contributed by atoms with E-state index in [0.29, 0.717) is 18.0 Å². The van der Waals surface area contributed by atoms with Crippen LogP contribution in [0.1, 0.15) is 45.7 Å². The van der Waals surface area contributed by atoms with E-state index < -0.39 is 0 Å². The first-order chi connectivity index (χ1) is 9.43. The summed E-state index contributed by atoms with van der Waals surface area (Å²) < 4.78 is 0. The monoisotopic (exact) mass is 293 g/mol. The molecule has 0 unspecified atom stereocenters. The summed E-state index contributed by atoms with van der Waals surface area (Å²) >= 11 is 1.55. The van der Waals surface area contributed by atoms with Gasteiger partial charge in [-0.1, -0.05) is 20.8 Å². The zero-order valence-corrected chi connectivity index (χ0v) is 13.2. The SMILES string of the molecule is CC1(C)[C@@H]2CC[C@]1(C)[C@@H](NC(=O)NCc1cscn1)C2. The summed E-state index contributed by atoms with van der Waals surface area (Å²) in [5, 5.41) is 8.07. The molecule has 1 aromatic rings. The van der Waals surface area contributed by atoms with Gasteiger partial charge in [-0.3, -0.25) is 0 Å². The molecule has 0 saturated heterocycles. The van der Waals surface area contributed by atoms with Crippen molar-refractivity contribution in [2.45, 2.75) is 52.6 Å². The summed E-state index contributed by atoms with van der Waals surface area (Å²) in [5.74, 6) is 0.747. The van der Waals surface area contributed by atoms with E-state index in [9.17, 15) is 4.79 Å². The molecule has 2 amide bonds. The minimum absolute atomic E-state index is 0.0624. The third kappa shape index (κ3) is 2.03. The predicted octanol–water partition coefficient (Wildman–Crippen LogP) is 3.16. The molecule has 2 N–H and O–H groups in total. The van der Waals surface area contributed by atoms with Crippen molar-refractivity contribution in [1.29, 1.82) is 0 Å². The van der Waals surface area contributed by atoms with Crippen LogP contribution in [0.5, 0.6) is 0 Å². The van der Waals surface area contributed by atoms with E-state index >= 15 is 0 Å². The highest BCUT2D eigenvalue weighted by Crippen LogP contribution is 2.65. The lowest BCUT2D eigenvalue weighted by molar-refractivity contribution is 0.123. The lowest BCUT2D eigenvalue weighted by atomic mass is 9.69. The lowest BCUT2D eigenvalue weighted by Crippen LogP contribution is -2.50. The summed E-state index contributed by atoms with van der Waals surface area (Å²) in [6.07, 6.45) is 3.65. The van der Waals surface area contributed by atoms with Gasteiger partial charge in [-0.15, -0.1) is 11.3 Å². The van der Waals surface area contributed by atoms with Gasteiger partial charge in [-0.05, 0) is 36.0 Å². The number of hydrogen-bond acceptors (Lipinski definition) is 3. The van der Waals surface area contributed by atoms with E-state index in [1.165, 1.54) is 12.8 Å². The molecule has 1 heterocycles. The van der Waals surface area contributed by atoms with Crippen LogP contribution in [0.2, 0.25) is 0 Å². The third-order valence-corrected chi connectivity index (χ3v) is 6.65. The number of nitrogens with one attached hydrogen (secondary N) is 2. The molecule has 0 spiro atoms. The van der Waals surface area contributed by atoms with Crippen LogP contribution < -0.4 is 10.6 Å². The van der Waals surface area contributed by atoms with Crippen molar-refractivity contribution in [3.05, 3.63) is 16.6 Å². The summed E-state index contributed by atoms with van der Waals surface area (Å²) in [4.78, 5) is 16.2. The molecular formula is C15H23N3OS. The van der Waals surface area contributed by atoms with Gasteiger partial charge < -0.3 is 10.6 Å². The number of fused-ring (bicyclic) bond motifs is 2. The molecule has 1 aromatic heterocycles. The Morgan fingerprint density at radius 1 is 1.50 bits per heavy atom. The molecule has 4 nitrogen and oxygen atoms in total. The average molecular weight is 293 g/mol. The van der Waals surface area contributed by atoms with Crippen molar-refractivity contribution in [3.8, 4) is 0 Å². The largest absolute Gasteiger partial charge is 0.335 e. The molecule has 5 heteroatoms. The molecule has 3 rings (SSSR count). The summed E-state index contributed by atoms with van der Waals surface area (Å²) in [6, 6.07) is 0.235. The number of carbonyl (C=O) groups is 1. The van der Waals surface area contributed by atoms with E-state index in [4.69, 9.17) is 0 Å². The Morgan fingerprint density at radius 3 is 2.85 bits per heavy atom. The average Bonchev–Trinajstić information content (AvgIpc) is 3.02. The number of urea groups is 1. The van der Waals surface area contributed by atoms with Gasteiger partial charge in [0.05, 0.1) is 17.7 Å². The van der Waals surface area contributed by atoms with E-state index in [1.54, 1.807) is 16.8 Å². The van der Waals surface area contributed by atoms with Gasteiger partial charge in [0.25, 0.3) is 0 Å². The predicted molar refractivity (Wildman–Crippen MR) is 80.5 cm³/mol. The molecule has 0 radical (unpaired) electrons. The van der Waals surface area contributed by atoms with E-state index in [1.807, 2.05) is 5.38 Å². The maximum absolute atomic E-state index is 12.1. The fourth-order valence-corrected chi connectivity index (χ4v) is 4.69. The van der Waals surface area contributed by atoms with Crippen LogP contribution in [-0.2, 0) is 6.54 Å². The van der Waals surface area contributed by atoms with Crippen LogP contribution in [0.3, 0.4) is 0 Å². The van der Waals surface area contributed by atoms with Gasteiger partial charge in [0.15, 0.2) is 0 Å². The van der Waals surface area contributed by atoms with Gasteiger partial charge in [0.1, 0.15) is 0 Å². The number of amides is 2. The molecular weight excluding hydrogens is 270 g/mol. The first-order valence-corrected chi connectivity index (χ1v) is 8.29. The second-order valence-corrected chi connectivity index (χ2v) is 7.69. The Kier molecular flexibility index (Phi) is 3.27. The van der Waals surface area contributed by atoms with E-state index in [-0.39, 0.29) is 11.4 Å². The van der Waals surface area contributed by atoms with Gasteiger partial charge in [0, 0.05) is 11.4 Å². The van der Waals surface area contributed by atoms with Gasteiger partial charge in [0.2, 0.25) is 0 Å². The zero-order chi connectivity index (χ0) is 14.4. The lowest BCUT2D eigenvalue weighted by Gasteiger charge is -2.39. The fourth-order valence-electron chi connectivity index (χ4n) is 4.13. The second kappa shape index (κ2) is 4.72. The maximum atomic E-state index is 12.1. The van der Waals surface area contributed by atoms with Crippen LogP contribution in [-0.4, -0.2) is 17.1 Å². The minimum atomic E-state index is -0.0624. The summed E-state index contributed by atoms with van der Waals surface area (Å²) in [5.41, 5.74) is 3.27. The number of carbonyl (C=O) groups excluding carboxylic acids is 1. The first-order valence-electron chi connectivity index (χ1n) is 7.35. The van der Waals surface area contributed by atoms with Crippen molar-refractivity contribution < 1.29 is 4.79 Å². The Labute approximate surface area is 124 Å². The third-order valence-electron chi connectivity index (χ3n) is 6.01. The Bertz CT molecular complexity index is 499. The summed E-state index contributed by atoms with van der Waals surface area (Å²) in [7, 11) is 0. The van der Waals surface area contributed by atoms with Crippen molar-refractivity contribution in [1.82, 2.24) is 15.6 Å². The Hall–Kier alpha value is -1.10. The normalized spacial score (nSPS) is 34.1. The smallest absolute Gasteiger partial charge is 0.315 e. The molecule has 2 aliphatic carbocycles. The summed E-state index contributed by atoms with van der Waals surface area (Å²) in [6.45, 7) is 7.57. The standard InChI is InChI=1S/C15H23N3OS/c1-14(2)10-4-5-15(14,3)12(6-10)18-13(19)16-7-11-8-20-9-17-11/h8-10,12H,4-7H2,1-3H3,(H2,16,18,19)/t10-,12+,15-/m1/s1. The molecule has 0 aliphatic heterocycles. The molecule has 0 aromatic carbocycles. The van der Waals surface area contributed by atoms with Gasteiger partial charge in [-0.2, -0.15) is 0 Å². The molecule has 2 aliphatic rings. The number of hydrogen-bond donors (Lipinski definition) is 2. The van der Waals surface area contributed by atoms with Crippen LogP contribution in [0.25, 0.3) is 0 Å². The first kappa shape index (κ1) is 13.9. The van der Waals surface area contributed by atoms with Crippen molar-refractivity contribution in [3.63, 3.8) is 0 Å². The van der Waals surface area contributed by atoms with E-state index in [0.717, 1.165) is 18.0 Å². The van der Waals surface area contributed by atoms with E-state index in [2.05, 4.69) is 36.4 Å². The maximum Gasteiger partial charge on any atom is 0.315 e. The fraction of sp³-hybridized carbons (Fsp3) is 0.733. The molecule has 110 valence electrons. The number of rotatable bonds is 3. The quantitative estimate of drug-likeness (QED) is 0.899. The van der Waals surface area contributed by atoms with Crippen LogP contribution in [0.15, 0.2) is 10.9 Å². The zero-order valence-electron chi connectivity index (χ0n) is 12.4. The van der Waals surface area contributed by atoms with Gasteiger partial charge in [-0.25, -0.2) is 9.78 Å². The highest BCUT2D eigenvalue weighted by Gasteiger charge is 2.61. The van der Waals surface area contributed by atoms with Crippen molar-refractivity contribution in [2.24, 2.45) is 16.7 Å². The van der Waals surface area contributed by atoms with Gasteiger partial charge >= 0.3 is 6.03 Å². The molecule has 3 atom stereocenters. The van der Waals surface area contributed by atoms with Crippen LogP contribution in [0.4, 0.5) is 4.79 Å². The highest BCUT2D eigenvalue weighted by atomic mass is 32.1. The van der Waals surface area contributed by atoms with Crippen LogP contribution in [0, 0.1) is 16.7 Å².